The second kappa shape index (κ2) is 5.21. The van der Waals surface area contributed by atoms with Crippen molar-refractivity contribution in [1.82, 2.24) is 19.7 Å². The number of nitrogens with one attached hydrogen (secondary N) is 1. The molecule has 1 saturated heterocycles. The van der Waals surface area contributed by atoms with E-state index in [1.54, 1.807) is 4.68 Å². The van der Waals surface area contributed by atoms with Crippen LogP contribution < -0.4 is 5.32 Å². The third kappa shape index (κ3) is 2.58. The standard InChI is InChI=1S/C13H17N5S/c1-14-12-6-10(9-7-15-18(2)8-9)16-13(17-12)11-4-3-5-19-11/h6-8,11H,3-5H2,1-2H3,(H,14,16,17). The zero-order chi connectivity index (χ0) is 13.2. The molecule has 1 aliphatic heterocycles. The van der Waals surface area contributed by atoms with Crippen molar-refractivity contribution in [1.29, 1.82) is 0 Å². The molecule has 1 aliphatic rings. The second-order valence-corrected chi connectivity index (χ2v) is 5.96. The van der Waals surface area contributed by atoms with Gasteiger partial charge in [-0.25, -0.2) is 9.97 Å². The van der Waals surface area contributed by atoms with Crippen molar-refractivity contribution in [2.24, 2.45) is 7.05 Å². The molecule has 1 fully saturated rings. The van der Waals surface area contributed by atoms with Gasteiger partial charge in [0.25, 0.3) is 0 Å². The molecule has 1 atom stereocenters. The monoisotopic (exact) mass is 275 g/mol. The smallest absolute Gasteiger partial charge is 0.144 e. The molecule has 100 valence electrons. The molecule has 0 bridgehead atoms. The van der Waals surface area contributed by atoms with E-state index in [1.165, 1.54) is 18.6 Å². The van der Waals surface area contributed by atoms with E-state index in [1.807, 2.05) is 44.3 Å². The van der Waals surface area contributed by atoms with Crippen molar-refractivity contribution in [2.45, 2.75) is 18.1 Å². The Balaban J connectivity index is 2.01. The van der Waals surface area contributed by atoms with Crippen LogP contribution in [0.2, 0.25) is 0 Å². The average Bonchev–Trinajstić information content (AvgIpc) is 3.09. The maximum atomic E-state index is 4.72. The molecule has 0 aromatic carbocycles. The molecule has 0 radical (unpaired) electrons. The molecule has 0 amide bonds. The molecular formula is C13H17N5S. The molecule has 5 nitrogen and oxygen atoms in total. The minimum atomic E-state index is 0.434. The topological polar surface area (TPSA) is 55.6 Å². The van der Waals surface area contributed by atoms with Gasteiger partial charge < -0.3 is 5.32 Å². The lowest BCUT2D eigenvalue weighted by molar-refractivity contribution is 0.767. The number of nitrogens with zero attached hydrogens (tertiary/aromatic N) is 4. The Morgan fingerprint density at radius 1 is 1.42 bits per heavy atom. The summed E-state index contributed by atoms with van der Waals surface area (Å²) in [6, 6.07) is 1.97. The SMILES string of the molecule is CNc1cc(-c2cnn(C)c2)nc(C2CCCS2)n1. The molecule has 0 aliphatic carbocycles. The molecule has 0 spiro atoms. The predicted octanol–water partition coefficient (Wildman–Crippen LogP) is 2.49. The third-order valence-electron chi connectivity index (χ3n) is 3.22. The van der Waals surface area contributed by atoms with Crippen LogP contribution >= 0.6 is 11.8 Å². The van der Waals surface area contributed by atoms with Gasteiger partial charge in [-0.3, -0.25) is 4.68 Å². The van der Waals surface area contributed by atoms with E-state index in [9.17, 15) is 0 Å². The van der Waals surface area contributed by atoms with Crippen LogP contribution in [0.3, 0.4) is 0 Å². The van der Waals surface area contributed by atoms with Crippen LogP contribution in [0.25, 0.3) is 11.3 Å². The van der Waals surface area contributed by atoms with Crippen LogP contribution in [0.15, 0.2) is 18.5 Å². The number of aryl methyl sites for hydroxylation is 1. The van der Waals surface area contributed by atoms with Crippen molar-refractivity contribution in [3.63, 3.8) is 0 Å². The summed E-state index contributed by atoms with van der Waals surface area (Å²) < 4.78 is 1.79. The third-order valence-corrected chi connectivity index (χ3v) is 4.59. The van der Waals surface area contributed by atoms with Gasteiger partial charge in [-0.1, -0.05) is 0 Å². The van der Waals surface area contributed by atoms with Gasteiger partial charge in [0.15, 0.2) is 0 Å². The molecule has 6 heteroatoms. The molecule has 1 unspecified atom stereocenters. The summed E-state index contributed by atoms with van der Waals surface area (Å²) in [5.41, 5.74) is 1.97. The largest absolute Gasteiger partial charge is 0.373 e. The van der Waals surface area contributed by atoms with Gasteiger partial charge in [-0.15, -0.1) is 0 Å². The van der Waals surface area contributed by atoms with Crippen LogP contribution in [0.5, 0.6) is 0 Å². The van der Waals surface area contributed by atoms with Gasteiger partial charge >= 0.3 is 0 Å². The highest BCUT2D eigenvalue weighted by atomic mass is 32.2. The van der Waals surface area contributed by atoms with Crippen LogP contribution in [-0.2, 0) is 7.05 Å². The Morgan fingerprint density at radius 3 is 2.95 bits per heavy atom. The Hall–Kier alpha value is -1.56. The van der Waals surface area contributed by atoms with E-state index in [2.05, 4.69) is 15.4 Å². The molecule has 0 saturated carbocycles. The maximum Gasteiger partial charge on any atom is 0.144 e. The van der Waals surface area contributed by atoms with Crippen LogP contribution in [0.4, 0.5) is 5.82 Å². The predicted molar refractivity (Wildman–Crippen MR) is 78.2 cm³/mol. The normalized spacial score (nSPS) is 18.7. The summed E-state index contributed by atoms with van der Waals surface area (Å²) in [7, 11) is 3.80. The van der Waals surface area contributed by atoms with Gasteiger partial charge in [0, 0.05) is 31.9 Å². The lowest BCUT2D eigenvalue weighted by Gasteiger charge is -2.10. The average molecular weight is 275 g/mol. The first kappa shape index (κ1) is 12.5. The first-order valence-corrected chi connectivity index (χ1v) is 7.48. The van der Waals surface area contributed by atoms with Crippen molar-refractivity contribution in [3.05, 3.63) is 24.3 Å². The fourth-order valence-electron chi connectivity index (χ4n) is 2.22. The number of anilines is 1. The second-order valence-electron chi connectivity index (χ2n) is 4.65. The van der Waals surface area contributed by atoms with Crippen LogP contribution in [0.1, 0.15) is 23.9 Å². The molecule has 19 heavy (non-hydrogen) atoms. The lowest BCUT2D eigenvalue weighted by Crippen LogP contribution is -2.03. The number of hydrogen-bond acceptors (Lipinski definition) is 5. The highest BCUT2D eigenvalue weighted by Crippen LogP contribution is 2.39. The Morgan fingerprint density at radius 2 is 2.32 bits per heavy atom. The Bertz CT molecular complexity index is 574. The number of aromatic nitrogens is 4. The summed E-state index contributed by atoms with van der Waals surface area (Å²) in [5, 5.41) is 7.76. The summed E-state index contributed by atoms with van der Waals surface area (Å²) in [4.78, 5) is 9.32. The fraction of sp³-hybridized carbons (Fsp3) is 0.462. The number of hydrogen-bond donors (Lipinski definition) is 1. The van der Waals surface area contributed by atoms with Crippen LogP contribution in [-0.4, -0.2) is 32.5 Å². The minimum Gasteiger partial charge on any atom is -0.373 e. The molecule has 2 aromatic heterocycles. The van der Waals surface area contributed by atoms with E-state index < -0.39 is 0 Å². The van der Waals surface area contributed by atoms with Gasteiger partial charge in [0.05, 0.1) is 17.1 Å². The summed E-state index contributed by atoms with van der Waals surface area (Å²) in [5.74, 6) is 3.02. The van der Waals surface area contributed by atoms with Crippen molar-refractivity contribution < 1.29 is 0 Å². The number of rotatable bonds is 3. The van der Waals surface area contributed by atoms with Crippen molar-refractivity contribution in [2.75, 3.05) is 18.1 Å². The van der Waals surface area contributed by atoms with Crippen molar-refractivity contribution >= 4 is 17.6 Å². The fourth-order valence-corrected chi connectivity index (χ4v) is 3.43. The van der Waals surface area contributed by atoms with E-state index in [-0.39, 0.29) is 0 Å². The van der Waals surface area contributed by atoms with E-state index >= 15 is 0 Å². The minimum absolute atomic E-state index is 0.434. The maximum absolute atomic E-state index is 4.72. The summed E-state index contributed by atoms with van der Waals surface area (Å²) in [6.07, 6.45) is 6.25. The van der Waals surface area contributed by atoms with E-state index in [0.717, 1.165) is 22.9 Å². The quantitative estimate of drug-likeness (QED) is 0.932. The lowest BCUT2D eigenvalue weighted by atomic mass is 10.2. The van der Waals surface area contributed by atoms with Gasteiger partial charge in [-0.05, 0) is 18.6 Å². The van der Waals surface area contributed by atoms with Gasteiger partial charge in [0.1, 0.15) is 11.6 Å². The van der Waals surface area contributed by atoms with Gasteiger partial charge in [-0.2, -0.15) is 16.9 Å². The van der Waals surface area contributed by atoms with Crippen molar-refractivity contribution in [3.8, 4) is 11.3 Å². The number of thioether (sulfide) groups is 1. The molecule has 2 aromatic rings. The van der Waals surface area contributed by atoms with Gasteiger partial charge in [0.2, 0.25) is 0 Å². The Labute approximate surface area is 116 Å². The Kier molecular flexibility index (Phi) is 3.42. The molecule has 3 heterocycles. The molecule has 3 rings (SSSR count). The van der Waals surface area contributed by atoms with E-state index in [4.69, 9.17) is 4.98 Å². The van der Waals surface area contributed by atoms with E-state index in [0.29, 0.717) is 5.25 Å². The molecule has 1 N–H and O–H groups in total. The zero-order valence-corrected chi connectivity index (χ0v) is 11.9. The summed E-state index contributed by atoms with van der Waals surface area (Å²) in [6.45, 7) is 0. The van der Waals surface area contributed by atoms with Crippen LogP contribution in [0, 0.1) is 0 Å². The zero-order valence-electron chi connectivity index (χ0n) is 11.1. The first-order valence-electron chi connectivity index (χ1n) is 6.43. The highest BCUT2D eigenvalue weighted by Gasteiger charge is 2.21. The summed E-state index contributed by atoms with van der Waals surface area (Å²) >= 11 is 1.95. The highest BCUT2D eigenvalue weighted by molar-refractivity contribution is 7.99. The molecular weight excluding hydrogens is 258 g/mol. The first-order chi connectivity index (χ1) is 9.26.